The lowest BCUT2D eigenvalue weighted by atomic mass is 10.0. The lowest BCUT2D eigenvalue weighted by Crippen LogP contribution is -2.43. The number of hydrogen-bond donors (Lipinski definition) is 1. The van der Waals surface area contributed by atoms with Crippen LogP contribution in [0.25, 0.3) is 0 Å². The lowest BCUT2D eigenvalue weighted by Gasteiger charge is -2.20. The van der Waals surface area contributed by atoms with Crippen molar-refractivity contribution in [2.45, 2.75) is 168 Å². The van der Waals surface area contributed by atoms with Crippen LogP contribution in [0.4, 0.5) is 0 Å². The van der Waals surface area contributed by atoms with Crippen molar-refractivity contribution in [2.75, 3.05) is 0 Å². The van der Waals surface area contributed by atoms with Gasteiger partial charge in [-0.2, -0.15) is 0 Å². The molecule has 0 saturated carbocycles. The summed E-state index contributed by atoms with van der Waals surface area (Å²) in [6.45, 7) is 9.79. The first-order valence-corrected chi connectivity index (χ1v) is 14.5. The van der Waals surface area contributed by atoms with E-state index in [0.29, 0.717) is 12.8 Å². The van der Waals surface area contributed by atoms with Gasteiger partial charge in [0, 0.05) is 12.8 Å². The van der Waals surface area contributed by atoms with Crippen molar-refractivity contribution in [1.82, 2.24) is 5.32 Å². The molecule has 0 spiro atoms. The number of hydrogen-bond acceptors (Lipinski definition) is 5. The zero-order valence-electron chi connectivity index (χ0n) is 23.5. The predicted octanol–water partition coefficient (Wildman–Crippen LogP) is 7.42. The molecule has 0 rings (SSSR count). The van der Waals surface area contributed by atoms with E-state index in [9.17, 15) is 14.4 Å². The predicted molar refractivity (Wildman–Crippen MR) is 143 cm³/mol. The third-order valence-corrected chi connectivity index (χ3v) is 6.56. The maximum Gasteiger partial charge on any atom is 0.328 e. The second kappa shape index (κ2) is 22.8. The van der Waals surface area contributed by atoms with E-state index in [1.165, 1.54) is 64.2 Å². The van der Waals surface area contributed by atoms with Crippen LogP contribution in [-0.4, -0.2) is 36.1 Å². The molecule has 0 aliphatic carbocycles. The van der Waals surface area contributed by atoms with Crippen LogP contribution in [0.5, 0.6) is 0 Å². The highest BCUT2D eigenvalue weighted by Crippen LogP contribution is 2.13. The zero-order chi connectivity index (χ0) is 26.3. The number of ether oxygens (including phenoxy) is 2. The highest BCUT2D eigenvalue weighted by Gasteiger charge is 2.25. The van der Waals surface area contributed by atoms with Crippen molar-refractivity contribution in [3.63, 3.8) is 0 Å². The van der Waals surface area contributed by atoms with Gasteiger partial charge in [-0.3, -0.25) is 9.59 Å². The molecule has 35 heavy (non-hydrogen) atoms. The maximum absolute atomic E-state index is 12.5. The van der Waals surface area contributed by atoms with Crippen molar-refractivity contribution in [2.24, 2.45) is 0 Å². The molecule has 0 heterocycles. The van der Waals surface area contributed by atoms with E-state index >= 15 is 0 Å². The zero-order valence-corrected chi connectivity index (χ0v) is 23.5. The molecule has 1 amide bonds. The van der Waals surface area contributed by atoms with E-state index in [-0.39, 0.29) is 36.9 Å². The van der Waals surface area contributed by atoms with E-state index in [2.05, 4.69) is 12.2 Å². The smallest absolute Gasteiger partial charge is 0.328 e. The van der Waals surface area contributed by atoms with Crippen molar-refractivity contribution in [1.29, 1.82) is 0 Å². The minimum Gasteiger partial charge on any atom is -0.463 e. The van der Waals surface area contributed by atoms with Gasteiger partial charge in [0.15, 0.2) is 0 Å². The highest BCUT2D eigenvalue weighted by atomic mass is 16.5. The molecule has 6 heteroatoms. The molecule has 3 unspecified atom stereocenters. The summed E-state index contributed by atoms with van der Waals surface area (Å²) in [6, 6.07) is -0.817. The van der Waals surface area contributed by atoms with Crippen molar-refractivity contribution in [3.8, 4) is 0 Å². The first kappa shape index (κ1) is 33.4. The van der Waals surface area contributed by atoms with Gasteiger partial charge in [-0.05, 0) is 39.5 Å². The molecule has 0 bridgehead atoms. The minimum atomic E-state index is -0.817. The largest absolute Gasteiger partial charge is 0.463 e. The van der Waals surface area contributed by atoms with Crippen molar-refractivity contribution >= 4 is 17.8 Å². The summed E-state index contributed by atoms with van der Waals surface area (Å²) in [5, 5.41) is 2.79. The Kier molecular flexibility index (Phi) is 21.8. The molecule has 0 radical (unpaired) electrons. The van der Waals surface area contributed by atoms with Crippen LogP contribution in [0.15, 0.2) is 0 Å². The fraction of sp³-hybridized carbons (Fsp3) is 0.897. The molecule has 0 aromatic rings. The Morgan fingerprint density at radius 2 is 1.09 bits per heavy atom. The van der Waals surface area contributed by atoms with Crippen LogP contribution < -0.4 is 5.32 Å². The topological polar surface area (TPSA) is 81.7 Å². The van der Waals surface area contributed by atoms with E-state index in [0.717, 1.165) is 25.7 Å². The Balaban J connectivity index is 4.14. The quantitative estimate of drug-likeness (QED) is 0.117. The Labute approximate surface area is 215 Å². The summed E-state index contributed by atoms with van der Waals surface area (Å²) in [6.07, 6.45) is 18.0. The Morgan fingerprint density at radius 1 is 0.629 bits per heavy atom. The normalized spacial score (nSPS) is 13.6. The number of rotatable bonds is 23. The molecule has 206 valence electrons. The van der Waals surface area contributed by atoms with Gasteiger partial charge in [0.25, 0.3) is 0 Å². The van der Waals surface area contributed by atoms with Crippen LogP contribution in [0.1, 0.15) is 150 Å². The number of esters is 2. The second-order valence-electron chi connectivity index (χ2n) is 10.0. The molecule has 0 aliphatic heterocycles. The van der Waals surface area contributed by atoms with Crippen molar-refractivity contribution in [3.05, 3.63) is 0 Å². The average Bonchev–Trinajstić information content (AvgIpc) is 2.84. The Bertz CT molecular complexity index is 551. The van der Waals surface area contributed by atoms with Crippen LogP contribution in [0.3, 0.4) is 0 Å². The summed E-state index contributed by atoms with van der Waals surface area (Å²) >= 11 is 0. The Hall–Kier alpha value is -1.59. The van der Waals surface area contributed by atoms with E-state index in [1.54, 1.807) is 0 Å². The summed E-state index contributed by atoms with van der Waals surface area (Å²) < 4.78 is 10.7. The Morgan fingerprint density at radius 3 is 1.57 bits per heavy atom. The van der Waals surface area contributed by atoms with Gasteiger partial charge >= 0.3 is 11.9 Å². The molecule has 0 saturated heterocycles. The number of amides is 1. The molecule has 0 aromatic heterocycles. The van der Waals surface area contributed by atoms with Gasteiger partial charge in [0.05, 0.1) is 12.2 Å². The molecular formula is C29H55NO5. The molecule has 0 aromatic carbocycles. The molecular weight excluding hydrogens is 442 g/mol. The third-order valence-electron chi connectivity index (χ3n) is 6.56. The summed E-state index contributed by atoms with van der Waals surface area (Å²) in [4.78, 5) is 37.0. The van der Waals surface area contributed by atoms with Gasteiger partial charge < -0.3 is 14.8 Å². The second-order valence-corrected chi connectivity index (χ2v) is 10.0. The highest BCUT2D eigenvalue weighted by molar-refractivity contribution is 5.85. The minimum absolute atomic E-state index is 0.0730. The summed E-state index contributed by atoms with van der Waals surface area (Å²) in [5.74, 6) is -0.990. The SMILES string of the molecule is CCCCCCCCCCCCCCCC(=O)NC(CCC(=O)OC(C)CC)C(=O)OC(C)CC. The van der Waals surface area contributed by atoms with Crippen molar-refractivity contribution < 1.29 is 23.9 Å². The van der Waals surface area contributed by atoms with E-state index < -0.39 is 12.0 Å². The lowest BCUT2D eigenvalue weighted by molar-refractivity contribution is -0.153. The molecule has 1 N–H and O–H groups in total. The van der Waals surface area contributed by atoms with Gasteiger partial charge in [-0.25, -0.2) is 4.79 Å². The van der Waals surface area contributed by atoms with Gasteiger partial charge in [0.2, 0.25) is 5.91 Å². The number of carbonyl (C=O) groups is 3. The maximum atomic E-state index is 12.5. The molecule has 0 fully saturated rings. The van der Waals surface area contributed by atoms with Crippen LogP contribution >= 0.6 is 0 Å². The summed E-state index contributed by atoms with van der Waals surface area (Å²) in [5.41, 5.74) is 0. The van der Waals surface area contributed by atoms with Gasteiger partial charge in [-0.15, -0.1) is 0 Å². The number of nitrogens with one attached hydrogen (secondary N) is 1. The number of unbranched alkanes of at least 4 members (excludes halogenated alkanes) is 12. The summed E-state index contributed by atoms with van der Waals surface area (Å²) in [7, 11) is 0. The fourth-order valence-corrected chi connectivity index (χ4v) is 3.81. The van der Waals surface area contributed by atoms with Gasteiger partial charge in [0.1, 0.15) is 6.04 Å². The molecule has 6 nitrogen and oxygen atoms in total. The monoisotopic (exact) mass is 497 g/mol. The number of carbonyl (C=O) groups excluding carboxylic acids is 3. The first-order chi connectivity index (χ1) is 16.8. The van der Waals surface area contributed by atoms with E-state index in [4.69, 9.17) is 9.47 Å². The standard InChI is InChI=1S/C29H55NO5/c1-6-9-10-11-12-13-14-15-16-17-18-19-20-21-27(31)30-26(29(33)35-25(5)8-3)22-23-28(32)34-24(4)7-2/h24-26H,6-23H2,1-5H3,(H,30,31). The third kappa shape index (κ3) is 20.3. The van der Waals surface area contributed by atoms with Crippen LogP contribution in [0, 0.1) is 0 Å². The van der Waals surface area contributed by atoms with Gasteiger partial charge in [-0.1, -0.05) is 97.8 Å². The van der Waals surface area contributed by atoms with E-state index in [1.807, 2.05) is 27.7 Å². The molecule has 3 atom stereocenters. The fourth-order valence-electron chi connectivity index (χ4n) is 3.81. The van der Waals surface area contributed by atoms with Crippen LogP contribution in [0.2, 0.25) is 0 Å². The average molecular weight is 498 g/mol. The van der Waals surface area contributed by atoms with Crippen LogP contribution in [-0.2, 0) is 23.9 Å². The molecule has 0 aliphatic rings. The first-order valence-electron chi connectivity index (χ1n) is 14.5.